The molecule has 3 heterocycles. The number of carbonyl (C=O) groups excluding carboxylic acids is 1. The molecule has 2 aliphatic heterocycles. The first-order valence-corrected chi connectivity index (χ1v) is 13.1. The van der Waals surface area contributed by atoms with Gasteiger partial charge >= 0.3 is 0 Å². The normalized spacial score (nSPS) is 17.6. The van der Waals surface area contributed by atoms with Crippen LogP contribution >= 0.6 is 0 Å². The predicted octanol–water partition coefficient (Wildman–Crippen LogP) is 2.50. The summed E-state index contributed by atoms with van der Waals surface area (Å²) in [6, 6.07) is 14.0. The van der Waals surface area contributed by atoms with Gasteiger partial charge in [-0.05, 0) is 30.5 Å². The van der Waals surface area contributed by atoms with Crippen LogP contribution in [0.4, 0.5) is 0 Å². The summed E-state index contributed by atoms with van der Waals surface area (Å²) < 4.78 is 40.8. The van der Waals surface area contributed by atoms with Gasteiger partial charge in [-0.25, -0.2) is 13.4 Å². The molecular formula is C25H28N4O5S. The average Bonchev–Trinajstić information content (AvgIpc) is 3.32. The topological polar surface area (TPSA) is 103 Å². The second-order valence-corrected chi connectivity index (χ2v) is 10.7. The molecule has 2 aromatic carbocycles. The fourth-order valence-electron chi connectivity index (χ4n) is 4.55. The number of imidazole rings is 1. The summed E-state index contributed by atoms with van der Waals surface area (Å²) in [7, 11) is -1.80. The van der Waals surface area contributed by atoms with E-state index in [-0.39, 0.29) is 35.9 Å². The van der Waals surface area contributed by atoms with E-state index in [2.05, 4.69) is 10.3 Å². The molecule has 1 amide bonds. The lowest BCUT2D eigenvalue weighted by Crippen LogP contribution is -2.44. The minimum Gasteiger partial charge on any atom is -0.486 e. The van der Waals surface area contributed by atoms with Crippen LogP contribution in [0.15, 0.2) is 65.8 Å². The van der Waals surface area contributed by atoms with Crippen LogP contribution in [-0.4, -0.2) is 54.5 Å². The van der Waals surface area contributed by atoms with Gasteiger partial charge in [0, 0.05) is 44.5 Å². The molecule has 1 saturated heterocycles. The number of aromatic nitrogens is 2. The second-order valence-electron chi connectivity index (χ2n) is 8.73. The largest absolute Gasteiger partial charge is 0.486 e. The summed E-state index contributed by atoms with van der Waals surface area (Å²) in [6.45, 7) is 1.37. The number of carbonyl (C=O) groups is 1. The molecule has 0 bridgehead atoms. The number of amides is 1. The molecule has 1 N–H and O–H groups in total. The van der Waals surface area contributed by atoms with Gasteiger partial charge < -0.3 is 19.4 Å². The van der Waals surface area contributed by atoms with Crippen molar-refractivity contribution in [2.45, 2.75) is 23.8 Å². The van der Waals surface area contributed by atoms with E-state index >= 15 is 0 Å². The molecule has 0 unspecified atom stereocenters. The van der Waals surface area contributed by atoms with E-state index < -0.39 is 10.0 Å². The van der Waals surface area contributed by atoms with Crippen molar-refractivity contribution in [3.8, 4) is 11.5 Å². The SMILES string of the molecule is Cn1ccnc1[C@H](NC(=O)C1CCN(S(=O)(=O)c2ccc3c(c2)OCCO3)CC1)c1ccccc1. The predicted molar refractivity (Wildman–Crippen MR) is 129 cm³/mol. The second kappa shape index (κ2) is 9.71. The van der Waals surface area contributed by atoms with Crippen LogP contribution in [0.3, 0.4) is 0 Å². The summed E-state index contributed by atoms with van der Waals surface area (Å²) in [6.07, 6.45) is 4.44. The molecule has 2 aliphatic rings. The number of hydrogen-bond donors (Lipinski definition) is 1. The lowest BCUT2D eigenvalue weighted by atomic mass is 9.96. The maximum absolute atomic E-state index is 13.2. The molecule has 1 aromatic heterocycles. The van der Waals surface area contributed by atoms with E-state index in [9.17, 15) is 13.2 Å². The van der Waals surface area contributed by atoms with E-state index in [1.807, 2.05) is 48.1 Å². The van der Waals surface area contributed by atoms with E-state index in [1.54, 1.807) is 18.3 Å². The van der Waals surface area contributed by atoms with Gasteiger partial charge in [0.2, 0.25) is 15.9 Å². The highest BCUT2D eigenvalue weighted by molar-refractivity contribution is 7.89. The van der Waals surface area contributed by atoms with Crippen molar-refractivity contribution >= 4 is 15.9 Å². The van der Waals surface area contributed by atoms with Gasteiger partial charge in [-0.1, -0.05) is 30.3 Å². The van der Waals surface area contributed by atoms with Gasteiger partial charge in [-0.2, -0.15) is 4.31 Å². The molecule has 35 heavy (non-hydrogen) atoms. The lowest BCUT2D eigenvalue weighted by molar-refractivity contribution is -0.126. The zero-order chi connectivity index (χ0) is 24.4. The highest BCUT2D eigenvalue weighted by Crippen LogP contribution is 2.34. The van der Waals surface area contributed by atoms with E-state index in [4.69, 9.17) is 9.47 Å². The van der Waals surface area contributed by atoms with Crippen molar-refractivity contribution in [3.63, 3.8) is 0 Å². The summed E-state index contributed by atoms with van der Waals surface area (Å²) >= 11 is 0. The zero-order valence-electron chi connectivity index (χ0n) is 19.5. The third-order valence-electron chi connectivity index (χ3n) is 6.51. The molecule has 10 heteroatoms. The van der Waals surface area contributed by atoms with Gasteiger partial charge in [0.25, 0.3) is 0 Å². The minimum atomic E-state index is -3.70. The first-order valence-electron chi connectivity index (χ1n) is 11.7. The number of piperidine rings is 1. The first kappa shape index (κ1) is 23.4. The summed E-state index contributed by atoms with van der Waals surface area (Å²) in [5, 5.41) is 3.15. The number of benzene rings is 2. The van der Waals surface area contributed by atoms with Crippen molar-refractivity contribution in [1.29, 1.82) is 0 Å². The van der Waals surface area contributed by atoms with Gasteiger partial charge in [0.15, 0.2) is 11.5 Å². The van der Waals surface area contributed by atoms with E-state index in [0.717, 1.165) is 11.4 Å². The van der Waals surface area contributed by atoms with Crippen LogP contribution in [-0.2, 0) is 21.9 Å². The first-order chi connectivity index (χ1) is 16.9. The molecule has 0 spiro atoms. The number of aryl methyl sites for hydroxylation is 1. The minimum absolute atomic E-state index is 0.0989. The maximum atomic E-state index is 13.2. The standard InChI is InChI=1S/C25H28N4O5S/c1-28-14-11-26-24(28)23(18-5-3-2-4-6-18)27-25(30)19-9-12-29(13-10-19)35(31,32)20-7-8-21-22(17-20)34-16-15-33-21/h2-8,11,14,17,19,23H,9-10,12-13,15-16H2,1H3,(H,27,30)/t23-/m1/s1. The van der Waals surface area contributed by atoms with Crippen LogP contribution in [0, 0.1) is 5.92 Å². The Hall–Kier alpha value is -3.37. The van der Waals surface area contributed by atoms with Crippen molar-refractivity contribution in [3.05, 3.63) is 72.3 Å². The number of ether oxygens (including phenoxy) is 2. The van der Waals surface area contributed by atoms with E-state index in [0.29, 0.717) is 37.6 Å². The molecule has 9 nitrogen and oxygen atoms in total. The van der Waals surface area contributed by atoms with Crippen LogP contribution in [0.2, 0.25) is 0 Å². The molecular weight excluding hydrogens is 468 g/mol. The molecule has 1 fully saturated rings. The van der Waals surface area contributed by atoms with Gasteiger partial charge in [0.1, 0.15) is 25.1 Å². The Bertz CT molecular complexity index is 1300. The van der Waals surface area contributed by atoms with Crippen molar-refractivity contribution < 1.29 is 22.7 Å². The molecule has 0 radical (unpaired) electrons. The van der Waals surface area contributed by atoms with Crippen LogP contribution in [0.5, 0.6) is 11.5 Å². The van der Waals surface area contributed by atoms with Crippen LogP contribution in [0.1, 0.15) is 30.3 Å². The quantitative estimate of drug-likeness (QED) is 0.563. The Morgan fingerprint density at radius 3 is 2.46 bits per heavy atom. The Morgan fingerprint density at radius 2 is 1.77 bits per heavy atom. The van der Waals surface area contributed by atoms with Crippen molar-refractivity contribution in [2.24, 2.45) is 13.0 Å². The highest BCUT2D eigenvalue weighted by Gasteiger charge is 2.34. The van der Waals surface area contributed by atoms with Crippen molar-refractivity contribution in [1.82, 2.24) is 19.2 Å². The molecule has 5 rings (SSSR count). The molecule has 0 aliphatic carbocycles. The van der Waals surface area contributed by atoms with Gasteiger partial charge in [0.05, 0.1) is 4.90 Å². The summed E-state index contributed by atoms with van der Waals surface area (Å²) in [4.78, 5) is 17.8. The number of nitrogens with zero attached hydrogens (tertiary/aromatic N) is 3. The maximum Gasteiger partial charge on any atom is 0.243 e. The average molecular weight is 497 g/mol. The molecule has 0 saturated carbocycles. The molecule has 1 atom stereocenters. The number of nitrogens with one attached hydrogen (secondary N) is 1. The van der Waals surface area contributed by atoms with Crippen molar-refractivity contribution in [2.75, 3.05) is 26.3 Å². The fourth-order valence-corrected chi connectivity index (χ4v) is 6.04. The van der Waals surface area contributed by atoms with Gasteiger partial charge in [-0.15, -0.1) is 0 Å². The zero-order valence-corrected chi connectivity index (χ0v) is 20.3. The third kappa shape index (κ3) is 4.76. The molecule has 3 aromatic rings. The third-order valence-corrected chi connectivity index (χ3v) is 8.41. The summed E-state index contributed by atoms with van der Waals surface area (Å²) in [5.41, 5.74) is 0.939. The van der Waals surface area contributed by atoms with Crippen LogP contribution in [0.25, 0.3) is 0 Å². The summed E-state index contributed by atoms with van der Waals surface area (Å²) in [5.74, 6) is 1.34. The fraction of sp³-hybridized carbons (Fsp3) is 0.360. The molecule has 184 valence electrons. The van der Waals surface area contributed by atoms with E-state index in [1.165, 1.54) is 10.4 Å². The highest BCUT2D eigenvalue weighted by atomic mass is 32.2. The lowest BCUT2D eigenvalue weighted by Gasteiger charge is -2.31. The Balaban J connectivity index is 1.26. The van der Waals surface area contributed by atoms with Gasteiger partial charge in [-0.3, -0.25) is 4.79 Å². The number of sulfonamides is 1. The smallest absolute Gasteiger partial charge is 0.243 e. The Kier molecular flexibility index (Phi) is 6.48. The Labute approximate surface area is 204 Å². The number of rotatable bonds is 6. The Morgan fingerprint density at radius 1 is 1.06 bits per heavy atom. The van der Waals surface area contributed by atoms with Crippen LogP contribution < -0.4 is 14.8 Å². The number of hydrogen-bond acceptors (Lipinski definition) is 6. The monoisotopic (exact) mass is 496 g/mol. The number of fused-ring (bicyclic) bond motifs is 1.